The Morgan fingerprint density at radius 3 is 2.00 bits per heavy atom. The minimum Gasteiger partial charge on any atom is -0.493 e. The van der Waals surface area contributed by atoms with Crippen molar-refractivity contribution < 1.29 is 28.5 Å². The highest BCUT2D eigenvalue weighted by atomic mass is 16.5. The average Bonchev–Trinajstić information content (AvgIpc) is 2.81. The highest BCUT2D eigenvalue weighted by Gasteiger charge is 2.19. The molecular weight excluding hydrogens is 396 g/mol. The van der Waals surface area contributed by atoms with Crippen molar-refractivity contribution in [3.05, 3.63) is 77.4 Å². The largest absolute Gasteiger partial charge is 0.493 e. The number of carbonyl (C=O) groups excluding carboxylic acids is 2. The smallest absolute Gasteiger partial charge is 0.339 e. The normalized spacial score (nSPS) is 10.3. The summed E-state index contributed by atoms with van der Waals surface area (Å²) in [6.45, 7) is 1.58. The second-order valence-electron chi connectivity index (χ2n) is 6.82. The molecule has 0 saturated carbocycles. The highest BCUT2D eigenvalue weighted by molar-refractivity contribution is 6.02. The van der Waals surface area contributed by atoms with Gasteiger partial charge in [-0.3, -0.25) is 4.79 Å². The Labute approximate surface area is 181 Å². The Hall–Kier alpha value is -3.80. The molecule has 0 aliphatic rings. The van der Waals surface area contributed by atoms with Gasteiger partial charge in [-0.2, -0.15) is 0 Å². The molecule has 0 heterocycles. The molecule has 0 aliphatic heterocycles. The van der Waals surface area contributed by atoms with E-state index in [1.54, 1.807) is 12.1 Å². The van der Waals surface area contributed by atoms with E-state index in [2.05, 4.69) is 0 Å². The Morgan fingerprint density at radius 1 is 0.806 bits per heavy atom. The summed E-state index contributed by atoms with van der Waals surface area (Å²) in [5, 5.41) is 0. The molecule has 0 spiro atoms. The van der Waals surface area contributed by atoms with Crippen molar-refractivity contribution in [3.8, 4) is 28.4 Å². The van der Waals surface area contributed by atoms with Crippen LogP contribution in [0.2, 0.25) is 0 Å². The fourth-order valence-electron chi connectivity index (χ4n) is 3.18. The summed E-state index contributed by atoms with van der Waals surface area (Å²) < 4.78 is 21.1. The summed E-state index contributed by atoms with van der Waals surface area (Å²) in [6.07, 6.45) is 0. The predicted molar refractivity (Wildman–Crippen MR) is 117 cm³/mol. The second kappa shape index (κ2) is 9.80. The summed E-state index contributed by atoms with van der Waals surface area (Å²) in [5.41, 5.74) is 3.44. The third-order valence-electron chi connectivity index (χ3n) is 4.83. The molecule has 0 saturated heterocycles. The lowest BCUT2D eigenvalue weighted by Crippen LogP contribution is -2.15. The van der Waals surface area contributed by atoms with Crippen molar-refractivity contribution in [3.63, 3.8) is 0 Å². The van der Waals surface area contributed by atoms with Crippen LogP contribution in [-0.2, 0) is 4.74 Å². The Balaban J connectivity index is 1.79. The number of Topliss-reactive ketones (excluding diaryl/α,β-unsaturated/α-hetero) is 1. The molecule has 3 aromatic carbocycles. The van der Waals surface area contributed by atoms with E-state index in [9.17, 15) is 9.59 Å². The molecule has 6 heteroatoms. The number of ether oxygens (including phenoxy) is 4. The van der Waals surface area contributed by atoms with Gasteiger partial charge in [-0.25, -0.2) is 4.79 Å². The summed E-state index contributed by atoms with van der Waals surface area (Å²) in [6, 6.07) is 18.0. The first kappa shape index (κ1) is 21.9. The molecule has 3 aromatic rings. The molecule has 0 aliphatic carbocycles. The van der Waals surface area contributed by atoms with Gasteiger partial charge in [0.25, 0.3) is 0 Å². The molecular formula is C25H24O6. The van der Waals surface area contributed by atoms with Crippen LogP contribution in [0, 0.1) is 6.92 Å². The van der Waals surface area contributed by atoms with Crippen molar-refractivity contribution in [2.75, 3.05) is 27.9 Å². The van der Waals surface area contributed by atoms with Crippen LogP contribution in [0.25, 0.3) is 11.1 Å². The van der Waals surface area contributed by atoms with E-state index >= 15 is 0 Å². The van der Waals surface area contributed by atoms with Crippen LogP contribution < -0.4 is 14.2 Å². The highest BCUT2D eigenvalue weighted by Crippen LogP contribution is 2.38. The van der Waals surface area contributed by atoms with E-state index < -0.39 is 12.6 Å². The lowest BCUT2D eigenvalue weighted by atomic mass is 9.99. The van der Waals surface area contributed by atoms with Gasteiger partial charge in [0.05, 0.1) is 26.9 Å². The standard InChI is InChI=1S/C25H24O6/c1-16-9-11-17(12-10-16)19-7-5-6-8-20(19)25(27)31-15-21(26)18-13-22(28-2)24(30-4)23(14-18)29-3/h5-14H,15H2,1-4H3. The number of hydrogen-bond acceptors (Lipinski definition) is 6. The lowest BCUT2D eigenvalue weighted by molar-refractivity contribution is 0.0475. The van der Waals surface area contributed by atoms with Crippen molar-refractivity contribution >= 4 is 11.8 Å². The first-order valence-electron chi connectivity index (χ1n) is 9.65. The first-order valence-corrected chi connectivity index (χ1v) is 9.65. The minimum atomic E-state index is -0.572. The molecule has 0 unspecified atom stereocenters. The van der Waals surface area contributed by atoms with Crippen LogP contribution in [0.15, 0.2) is 60.7 Å². The number of aryl methyl sites for hydroxylation is 1. The van der Waals surface area contributed by atoms with Gasteiger partial charge < -0.3 is 18.9 Å². The number of rotatable bonds is 8. The van der Waals surface area contributed by atoms with Gasteiger partial charge in [0, 0.05) is 5.56 Å². The maximum absolute atomic E-state index is 12.7. The number of carbonyl (C=O) groups is 2. The third-order valence-corrected chi connectivity index (χ3v) is 4.83. The predicted octanol–water partition coefficient (Wildman–Crippen LogP) is 4.73. The van der Waals surface area contributed by atoms with E-state index in [4.69, 9.17) is 18.9 Å². The summed E-state index contributed by atoms with van der Waals surface area (Å²) in [4.78, 5) is 25.4. The summed E-state index contributed by atoms with van der Waals surface area (Å²) in [7, 11) is 4.41. The molecule has 0 amide bonds. The molecule has 160 valence electrons. The van der Waals surface area contributed by atoms with Crippen molar-refractivity contribution in [1.29, 1.82) is 0 Å². The molecule has 3 rings (SSSR count). The lowest BCUT2D eigenvalue weighted by Gasteiger charge is -2.14. The number of benzene rings is 3. The van der Waals surface area contributed by atoms with Gasteiger partial charge in [-0.05, 0) is 36.2 Å². The SMILES string of the molecule is COc1cc(C(=O)COC(=O)c2ccccc2-c2ccc(C)cc2)cc(OC)c1OC. The van der Waals surface area contributed by atoms with Gasteiger partial charge in [0.2, 0.25) is 11.5 Å². The van der Waals surface area contributed by atoms with E-state index in [1.165, 1.54) is 33.5 Å². The maximum atomic E-state index is 12.7. The first-order chi connectivity index (χ1) is 15.0. The average molecular weight is 420 g/mol. The quantitative estimate of drug-likeness (QED) is 0.388. The van der Waals surface area contributed by atoms with Crippen LogP contribution in [-0.4, -0.2) is 39.7 Å². The zero-order chi connectivity index (χ0) is 22.4. The topological polar surface area (TPSA) is 71.1 Å². The Kier molecular flexibility index (Phi) is 6.92. The fourth-order valence-corrected chi connectivity index (χ4v) is 3.18. The third kappa shape index (κ3) is 4.86. The van der Waals surface area contributed by atoms with Crippen LogP contribution in [0.4, 0.5) is 0 Å². The Morgan fingerprint density at radius 2 is 1.42 bits per heavy atom. The van der Waals surface area contributed by atoms with Gasteiger partial charge >= 0.3 is 5.97 Å². The van der Waals surface area contributed by atoms with E-state index in [0.29, 0.717) is 22.8 Å². The molecule has 0 N–H and O–H groups in total. The Bertz CT molecular complexity index is 1060. The molecule has 6 nitrogen and oxygen atoms in total. The summed E-state index contributed by atoms with van der Waals surface area (Å²) in [5.74, 6) is 0.116. The monoisotopic (exact) mass is 420 g/mol. The molecule has 0 bridgehead atoms. The zero-order valence-corrected chi connectivity index (χ0v) is 17.9. The molecule has 0 radical (unpaired) electrons. The number of ketones is 1. The maximum Gasteiger partial charge on any atom is 0.339 e. The van der Waals surface area contributed by atoms with Gasteiger partial charge in [-0.1, -0.05) is 48.0 Å². The van der Waals surface area contributed by atoms with Gasteiger partial charge in [-0.15, -0.1) is 0 Å². The van der Waals surface area contributed by atoms with Crippen LogP contribution in [0.3, 0.4) is 0 Å². The van der Waals surface area contributed by atoms with Gasteiger partial charge in [0.1, 0.15) is 0 Å². The van der Waals surface area contributed by atoms with E-state index in [1.807, 2.05) is 43.3 Å². The van der Waals surface area contributed by atoms with Crippen molar-refractivity contribution in [2.45, 2.75) is 6.92 Å². The molecule has 0 fully saturated rings. The van der Waals surface area contributed by atoms with Crippen molar-refractivity contribution in [2.24, 2.45) is 0 Å². The van der Waals surface area contributed by atoms with E-state index in [-0.39, 0.29) is 11.3 Å². The van der Waals surface area contributed by atoms with Gasteiger partial charge in [0.15, 0.2) is 18.1 Å². The summed E-state index contributed by atoms with van der Waals surface area (Å²) >= 11 is 0. The number of hydrogen-bond donors (Lipinski definition) is 0. The van der Waals surface area contributed by atoms with Crippen molar-refractivity contribution in [1.82, 2.24) is 0 Å². The molecule has 31 heavy (non-hydrogen) atoms. The fraction of sp³-hybridized carbons (Fsp3) is 0.200. The van der Waals surface area contributed by atoms with Crippen LogP contribution >= 0.6 is 0 Å². The molecule has 0 atom stereocenters. The number of methoxy groups -OCH3 is 3. The zero-order valence-electron chi connectivity index (χ0n) is 17.9. The van der Waals surface area contributed by atoms with E-state index in [0.717, 1.165) is 16.7 Å². The van der Waals surface area contributed by atoms with Crippen LogP contribution in [0.1, 0.15) is 26.3 Å². The second-order valence-corrected chi connectivity index (χ2v) is 6.82. The molecule has 0 aromatic heterocycles. The van der Waals surface area contributed by atoms with Crippen LogP contribution in [0.5, 0.6) is 17.2 Å². The number of esters is 1. The minimum absolute atomic E-state index is 0.286.